The van der Waals surface area contributed by atoms with Crippen molar-refractivity contribution < 1.29 is 9.53 Å². The van der Waals surface area contributed by atoms with Crippen LogP contribution in [0.5, 0.6) is 5.75 Å². The molecule has 2 aliphatic rings. The first-order valence-electron chi connectivity index (χ1n) is 10.4. The van der Waals surface area contributed by atoms with Crippen LogP contribution in [-0.2, 0) is 7.05 Å². The van der Waals surface area contributed by atoms with E-state index in [0.29, 0.717) is 29.2 Å². The Hall–Kier alpha value is -2.01. The minimum absolute atomic E-state index is 0.0876. The number of benzene rings is 1. The Morgan fingerprint density at radius 2 is 2.04 bits per heavy atom. The average Bonchev–Trinajstić information content (AvgIpc) is 3.09. The van der Waals surface area contributed by atoms with Crippen LogP contribution in [0.3, 0.4) is 0 Å². The maximum absolute atomic E-state index is 13.5. The van der Waals surface area contributed by atoms with E-state index < -0.39 is 0 Å². The Kier molecular flexibility index (Phi) is 5.63. The maximum atomic E-state index is 13.5. The molecule has 6 heteroatoms. The van der Waals surface area contributed by atoms with Crippen LogP contribution in [0.2, 0.25) is 5.02 Å². The van der Waals surface area contributed by atoms with Crippen molar-refractivity contribution in [3.05, 3.63) is 35.0 Å². The zero-order chi connectivity index (χ0) is 19.7. The standard InChI is InChI=1S/C22H28ClN3O2/c1-3-28-16-10-11-17(19(23)13-16)21-18(14-24-25(21)2)22(27)26-12-6-8-15-7-4-5-9-20(15)26/h10-11,13-15,20H,3-9,12H2,1-2H3. The third kappa shape index (κ3) is 3.52. The van der Waals surface area contributed by atoms with Crippen LogP contribution < -0.4 is 4.74 Å². The number of carbonyl (C=O) groups is 1. The van der Waals surface area contributed by atoms with Crippen molar-refractivity contribution in [2.45, 2.75) is 51.5 Å². The Labute approximate surface area is 171 Å². The molecule has 0 radical (unpaired) electrons. The molecule has 2 unspecified atom stereocenters. The van der Waals surface area contributed by atoms with Crippen LogP contribution in [0.4, 0.5) is 0 Å². The molecular weight excluding hydrogens is 374 g/mol. The fraction of sp³-hybridized carbons (Fsp3) is 0.545. The minimum Gasteiger partial charge on any atom is -0.494 e. The Morgan fingerprint density at radius 1 is 1.25 bits per heavy atom. The van der Waals surface area contributed by atoms with Crippen molar-refractivity contribution in [1.29, 1.82) is 0 Å². The van der Waals surface area contributed by atoms with Gasteiger partial charge in [0, 0.05) is 25.2 Å². The van der Waals surface area contributed by atoms with Gasteiger partial charge in [-0.05, 0) is 56.7 Å². The van der Waals surface area contributed by atoms with Gasteiger partial charge in [-0.2, -0.15) is 5.10 Å². The summed E-state index contributed by atoms with van der Waals surface area (Å²) >= 11 is 6.56. The highest BCUT2D eigenvalue weighted by Crippen LogP contribution is 2.38. The molecule has 1 aromatic carbocycles. The van der Waals surface area contributed by atoms with Crippen LogP contribution in [-0.4, -0.2) is 39.8 Å². The summed E-state index contributed by atoms with van der Waals surface area (Å²) in [7, 11) is 1.86. The topological polar surface area (TPSA) is 47.4 Å². The van der Waals surface area contributed by atoms with Crippen molar-refractivity contribution in [2.24, 2.45) is 13.0 Å². The molecule has 0 bridgehead atoms. The first kappa shape index (κ1) is 19.3. The molecule has 2 fully saturated rings. The lowest BCUT2D eigenvalue weighted by molar-refractivity contribution is 0.0391. The number of aryl methyl sites for hydroxylation is 1. The molecular formula is C22H28ClN3O2. The van der Waals surface area contributed by atoms with Gasteiger partial charge in [0.15, 0.2) is 0 Å². The smallest absolute Gasteiger partial charge is 0.257 e. The first-order valence-corrected chi connectivity index (χ1v) is 10.7. The van der Waals surface area contributed by atoms with Crippen LogP contribution in [0.15, 0.2) is 24.4 Å². The molecule has 1 aliphatic heterocycles. The van der Waals surface area contributed by atoms with E-state index in [9.17, 15) is 4.79 Å². The summed E-state index contributed by atoms with van der Waals surface area (Å²) in [5.41, 5.74) is 2.22. The Morgan fingerprint density at radius 3 is 2.82 bits per heavy atom. The number of likely N-dealkylation sites (tertiary alicyclic amines) is 1. The summed E-state index contributed by atoms with van der Waals surface area (Å²) in [6.07, 6.45) is 8.91. The zero-order valence-corrected chi connectivity index (χ0v) is 17.4. The zero-order valence-electron chi connectivity index (χ0n) is 16.7. The van der Waals surface area contributed by atoms with Crippen LogP contribution >= 0.6 is 11.6 Å². The van der Waals surface area contributed by atoms with E-state index in [4.69, 9.17) is 16.3 Å². The van der Waals surface area contributed by atoms with E-state index in [1.165, 1.54) is 25.7 Å². The summed E-state index contributed by atoms with van der Waals surface area (Å²) in [4.78, 5) is 15.7. The SMILES string of the molecule is CCOc1ccc(-c2c(C(=O)N3CCCC4CCCCC43)cnn2C)c(Cl)c1. The van der Waals surface area contributed by atoms with Gasteiger partial charge in [0.2, 0.25) is 0 Å². The molecule has 0 spiro atoms. The summed E-state index contributed by atoms with van der Waals surface area (Å²) in [6.45, 7) is 3.37. The second kappa shape index (κ2) is 8.16. The number of ether oxygens (including phenoxy) is 1. The highest BCUT2D eigenvalue weighted by atomic mass is 35.5. The van der Waals surface area contributed by atoms with Gasteiger partial charge in [-0.3, -0.25) is 9.48 Å². The van der Waals surface area contributed by atoms with E-state index in [1.807, 2.05) is 26.1 Å². The normalized spacial score (nSPS) is 22.0. The number of hydrogen-bond acceptors (Lipinski definition) is 3. The van der Waals surface area contributed by atoms with E-state index in [2.05, 4.69) is 10.00 Å². The molecule has 2 heterocycles. The molecule has 2 aromatic rings. The van der Waals surface area contributed by atoms with Crippen LogP contribution in [0.25, 0.3) is 11.3 Å². The second-order valence-corrected chi connectivity index (χ2v) is 8.26. The number of halogens is 1. The monoisotopic (exact) mass is 401 g/mol. The number of rotatable bonds is 4. The van der Waals surface area contributed by atoms with Crippen molar-refractivity contribution in [3.63, 3.8) is 0 Å². The molecule has 1 aliphatic carbocycles. The van der Waals surface area contributed by atoms with Crippen molar-refractivity contribution in [3.8, 4) is 17.0 Å². The predicted octanol–water partition coefficient (Wildman–Crippen LogP) is 4.93. The Balaban J connectivity index is 1.67. The van der Waals surface area contributed by atoms with Gasteiger partial charge < -0.3 is 9.64 Å². The highest BCUT2D eigenvalue weighted by molar-refractivity contribution is 6.33. The molecule has 28 heavy (non-hydrogen) atoms. The van der Waals surface area contributed by atoms with Crippen molar-refractivity contribution in [2.75, 3.05) is 13.2 Å². The van der Waals surface area contributed by atoms with Gasteiger partial charge >= 0.3 is 0 Å². The largest absolute Gasteiger partial charge is 0.494 e. The van der Waals surface area contributed by atoms with Gasteiger partial charge in [0.25, 0.3) is 5.91 Å². The lowest BCUT2D eigenvalue weighted by Crippen LogP contribution is -2.49. The predicted molar refractivity (Wildman–Crippen MR) is 111 cm³/mol. The third-order valence-corrected chi connectivity index (χ3v) is 6.49. The molecule has 1 aromatic heterocycles. The Bertz CT molecular complexity index is 861. The van der Waals surface area contributed by atoms with Gasteiger partial charge in [0.1, 0.15) is 5.75 Å². The first-order chi connectivity index (χ1) is 13.6. The molecule has 2 atom stereocenters. The van der Waals surface area contributed by atoms with Crippen LogP contribution in [0, 0.1) is 5.92 Å². The maximum Gasteiger partial charge on any atom is 0.257 e. The molecule has 1 saturated heterocycles. The lowest BCUT2D eigenvalue weighted by Gasteiger charge is -2.44. The average molecular weight is 402 g/mol. The number of fused-ring (bicyclic) bond motifs is 1. The fourth-order valence-electron chi connectivity index (χ4n) is 4.89. The number of carbonyl (C=O) groups excluding carboxylic acids is 1. The van der Waals surface area contributed by atoms with E-state index in [0.717, 1.165) is 36.4 Å². The van der Waals surface area contributed by atoms with E-state index in [1.54, 1.807) is 16.9 Å². The molecule has 1 saturated carbocycles. The van der Waals surface area contributed by atoms with Crippen molar-refractivity contribution >= 4 is 17.5 Å². The van der Waals surface area contributed by atoms with Crippen LogP contribution in [0.1, 0.15) is 55.8 Å². The molecule has 4 rings (SSSR count). The second-order valence-electron chi connectivity index (χ2n) is 7.86. The lowest BCUT2D eigenvalue weighted by atomic mass is 9.78. The number of amides is 1. The van der Waals surface area contributed by atoms with E-state index in [-0.39, 0.29) is 5.91 Å². The number of hydrogen-bond donors (Lipinski definition) is 0. The molecule has 0 N–H and O–H groups in total. The highest BCUT2D eigenvalue weighted by Gasteiger charge is 2.37. The molecule has 5 nitrogen and oxygen atoms in total. The van der Waals surface area contributed by atoms with Crippen molar-refractivity contribution in [1.82, 2.24) is 14.7 Å². The summed E-state index contributed by atoms with van der Waals surface area (Å²) in [5.74, 6) is 1.47. The molecule has 150 valence electrons. The number of piperidine rings is 1. The molecule has 1 amide bonds. The third-order valence-electron chi connectivity index (χ3n) is 6.18. The quantitative estimate of drug-likeness (QED) is 0.729. The summed E-state index contributed by atoms with van der Waals surface area (Å²) in [6, 6.07) is 5.99. The fourth-order valence-corrected chi connectivity index (χ4v) is 5.15. The van der Waals surface area contributed by atoms with Gasteiger partial charge in [-0.25, -0.2) is 0 Å². The minimum atomic E-state index is 0.0876. The van der Waals surface area contributed by atoms with Gasteiger partial charge in [-0.1, -0.05) is 24.4 Å². The number of nitrogens with zero attached hydrogens (tertiary/aromatic N) is 3. The van der Waals surface area contributed by atoms with Gasteiger partial charge in [0.05, 0.1) is 29.1 Å². The summed E-state index contributed by atoms with van der Waals surface area (Å²) < 4.78 is 7.29. The summed E-state index contributed by atoms with van der Waals surface area (Å²) in [5, 5.41) is 4.96. The van der Waals surface area contributed by atoms with E-state index >= 15 is 0 Å². The number of aromatic nitrogens is 2. The van der Waals surface area contributed by atoms with Gasteiger partial charge in [-0.15, -0.1) is 0 Å².